The molecule has 0 bridgehead atoms. The lowest BCUT2D eigenvalue weighted by Gasteiger charge is -2.31. The summed E-state index contributed by atoms with van der Waals surface area (Å²) in [6, 6.07) is 12.7. The number of hydrogen-bond donors (Lipinski definition) is 2. The molecule has 2 aliphatic rings. The second kappa shape index (κ2) is 10.2. The molecule has 2 aromatic carbocycles. The minimum absolute atomic E-state index is 0.0572. The van der Waals surface area contributed by atoms with Gasteiger partial charge in [0.1, 0.15) is 11.8 Å². The van der Waals surface area contributed by atoms with Crippen molar-refractivity contribution in [3.8, 4) is 34.7 Å². The number of fused-ring (bicyclic) bond motifs is 1. The highest BCUT2D eigenvalue weighted by molar-refractivity contribution is 7.89. The highest BCUT2D eigenvalue weighted by Crippen LogP contribution is 2.38. The van der Waals surface area contributed by atoms with Gasteiger partial charge in [0.2, 0.25) is 15.8 Å². The fourth-order valence-corrected chi connectivity index (χ4v) is 6.52. The van der Waals surface area contributed by atoms with Gasteiger partial charge >= 0.3 is 0 Å². The van der Waals surface area contributed by atoms with Gasteiger partial charge < -0.3 is 14.4 Å². The molecule has 2 N–H and O–H groups in total. The van der Waals surface area contributed by atoms with Crippen LogP contribution in [0.3, 0.4) is 0 Å². The van der Waals surface area contributed by atoms with Crippen molar-refractivity contribution < 1.29 is 22.8 Å². The molecule has 5 rings (SSSR count). The van der Waals surface area contributed by atoms with Gasteiger partial charge in [0.05, 0.1) is 23.5 Å². The van der Waals surface area contributed by atoms with Crippen LogP contribution in [0.25, 0.3) is 22.8 Å². The van der Waals surface area contributed by atoms with Crippen LogP contribution in [0, 0.1) is 17.2 Å². The lowest BCUT2D eigenvalue weighted by atomic mass is 9.81. The zero-order chi connectivity index (χ0) is 26.2. The zero-order valence-electron chi connectivity index (χ0n) is 20.8. The van der Waals surface area contributed by atoms with Crippen molar-refractivity contribution in [2.45, 2.75) is 64.2 Å². The number of aliphatic hydroxyl groups is 1. The summed E-state index contributed by atoms with van der Waals surface area (Å²) in [5.74, 6) is 1.55. The van der Waals surface area contributed by atoms with Gasteiger partial charge in [-0.05, 0) is 81.2 Å². The first-order valence-corrected chi connectivity index (χ1v) is 14.2. The number of aromatic nitrogens is 2. The highest BCUT2D eigenvalue weighted by Gasteiger charge is 2.32. The Hall–Kier alpha value is -3.26. The van der Waals surface area contributed by atoms with Crippen molar-refractivity contribution in [2.24, 2.45) is 5.92 Å². The molecule has 1 fully saturated rings. The topological polar surface area (TPSA) is 138 Å². The second-order valence-corrected chi connectivity index (χ2v) is 12.0. The number of ether oxygens (including phenoxy) is 1. The summed E-state index contributed by atoms with van der Waals surface area (Å²) in [6.07, 6.45) is 2.95. The predicted octanol–water partition coefficient (Wildman–Crippen LogP) is 4.13. The second-order valence-electron chi connectivity index (χ2n) is 10.1. The Balaban J connectivity index is 1.33. The lowest BCUT2D eigenvalue weighted by Crippen LogP contribution is -2.34. The molecule has 0 amide bonds. The van der Waals surface area contributed by atoms with Crippen LogP contribution < -0.4 is 9.46 Å². The van der Waals surface area contributed by atoms with E-state index in [1.807, 2.05) is 32.0 Å². The molecule has 1 heterocycles. The number of rotatable bonds is 9. The van der Waals surface area contributed by atoms with Gasteiger partial charge in [-0.1, -0.05) is 23.4 Å². The van der Waals surface area contributed by atoms with E-state index in [1.165, 1.54) is 0 Å². The monoisotopic (exact) mass is 522 g/mol. The molecule has 0 radical (unpaired) electrons. The Labute approximate surface area is 216 Å². The van der Waals surface area contributed by atoms with E-state index < -0.39 is 10.0 Å². The van der Waals surface area contributed by atoms with Crippen LogP contribution in [0.1, 0.15) is 62.3 Å². The first-order chi connectivity index (χ1) is 17.7. The van der Waals surface area contributed by atoms with Crippen molar-refractivity contribution >= 4 is 10.0 Å². The van der Waals surface area contributed by atoms with E-state index in [0.29, 0.717) is 54.8 Å². The minimum Gasteiger partial charge on any atom is -0.490 e. The van der Waals surface area contributed by atoms with E-state index in [0.717, 1.165) is 16.7 Å². The summed E-state index contributed by atoms with van der Waals surface area (Å²) in [7, 11) is -3.44. The summed E-state index contributed by atoms with van der Waals surface area (Å²) in [6.45, 7) is 3.79. The summed E-state index contributed by atoms with van der Waals surface area (Å²) in [5.41, 5.74) is 3.73. The predicted molar refractivity (Wildman–Crippen MR) is 137 cm³/mol. The van der Waals surface area contributed by atoms with Crippen LogP contribution in [0.4, 0.5) is 0 Å². The molecule has 0 spiro atoms. The fraction of sp³-hybridized carbons (Fsp3) is 0.444. The average molecular weight is 523 g/mol. The first kappa shape index (κ1) is 25.4. The molecular formula is C27H30N4O5S. The number of hydrogen-bond acceptors (Lipinski definition) is 8. The number of aliphatic hydroxyl groups excluding tert-OH is 1. The van der Waals surface area contributed by atoms with Gasteiger partial charge in [-0.15, -0.1) is 0 Å². The molecule has 1 aromatic heterocycles. The van der Waals surface area contributed by atoms with Crippen LogP contribution in [0.15, 0.2) is 40.9 Å². The number of nitrogens with zero attached hydrogens (tertiary/aromatic N) is 3. The van der Waals surface area contributed by atoms with E-state index in [2.05, 4.69) is 20.9 Å². The molecule has 194 valence electrons. The Morgan fingerprint density at radius 3 is 2.81 bits per heavy atom. The first-order valence-electron chi connectivity index (χ1n) is 12.6. The molecule has 1 saturated carbocycles. The number of nitriles is 1. The van der Waals surface area contributed by atoms with E-state index in [-0.39, 0.29) is 35.8 Å². The van der Waals surface area contributed by atoms with E-state index in [4.69, 9.17) is 9.26 Å². The van der Waals surface area contributed by atoms with Crippen molar-refractivity contribution in [3.05, 3.63) is 53.1 Å². The van der Waals surface area contributed by atoms with Crippen molar-refractivity contribution in [1.29, 1.82) is 5.26 Å². The molecule has 0 aliphatic heterocycles. The van der Waals surface area contributed by atoms with Crippen LogP contribution in [0.2, 0.25) is 0 Å². The standard InChI is InChI=1S/C27H30N4O5S/c1-16(2)35-25-9-6-18(14-19(25)15-28)27-29-26(30-36-27)23-5-3-4-22-21(23)7-8-24(22)31-37(33,34)11-10-17-12-20(32)13-17/h3-6,9,14,16-17,20,24,31-32H,7-8,10-13H2,1-2H3/t17?,20?,24-/m0/s1. The smallest absolute Gasteiger partial charge is 0.258 e. The molecule has 9 nitrogen and oxygen atoms in total. The number of benzene rings is 2. The quantitative estimate of drug-likeness (QED) is 0.428. The summed E-state index contributed by atoms with van der Waals surface area (Å²) in [4.78, 5) is 4.58. The molecular weight excluding hydrogens is 492 g/mol. The van der Waals surface area contributed by atoms with Crippen molar-refractivity contribution in [1.82, 2.24) is 14.9 Å². The number of sulfonamides is 1. The molecule has 1 atom stereocenters. The van der Waals surface area contributed by atoms with Gasteiger partial charge in [-0.25, -0.2) is 13.1 Å². The largest absolute Gasteiger partial charge is 0.490 e. The van der Waals surface area contributed by atoms with Crippen molar-refractivity contribution in [3.63, 3.8) is 0 Å². The van der Waals surface area contributed by atoms with Crippen LogP contribution in [-0.4, -0.2) is 41.6 Å². The fourth-order valence-electron chi connectivity index (χ4n) is 5.08. The number of nitrogens with one attached hydrogen (secondary N) is 1. The summed E-state index contributed by atoms with van der Waals surface area (Å²) >= 11 is 0. The molecule has 3 aromatic rings. The van der Waals surface area contributed by atoms with Gasteiger partial charge in [0, 0.05) is 17.2 Å². The van der Waals surface area contributed by atoms with Crippen LogP contribution >= 0.6 is 0 Å². The van der Waals surface area contributed by atoms with E-state index in [1.54, 1.807) is 18.2 Å². The Kier molecular flexibility index (Phi) is 7.03. The maximum Gasteiger partial charge on any atom is 0.258 e. The third-order valence-corrected chi connectivity index (χ3v) is 8.39. The SMILES string of the molecule is CC(C)Oc1ccc(-c2nc(-c3cccc4c3CC[C@@H]4NS(=O)(=O)CCC3CC(O)C3)no2)cc1C#N. The Morgan fingerprint density at radius 2 is 2.08 bits per heavy atom. The van der Waals surface area contributed by atoms with Gasteiger partial charge in [-0.2, -0.15) is 10.2 Å². The maximum atomic E-state index is 12.7. The third-order valence-electron chi connectivity index (χ3n) is 6.97. The Morgan fingerprint density at radius 1 is 1.27 bits per heavy atom. The van der Waals surface area contributed by atoms with Crippen molar-refractivity contribution in [2.75, 3.05) is 5.75 Å². The van der Waals surface area contributed by atoms with E-state index in [9.17, 15) is 18.8 Å². The molecule has 37 heavy (non-hydrogen) atoms. The molecule has 0 saturated heterocycles. The Bertz CT molecular complexity index is 1440. The molecule has 10 heteroatoms. The highest BCUT2D eigenvalue weighted by atomic mass is 32.2. The molecule has 2 aliphatic carbocycles. The molecule has 0 unspecified atom stereocenters. The average Bonchev–Trinajstić information content (AvgIpc) is 3.49. The lowest BCUT2D eigenvalue weighted by molar-refractivity contribution is 0.0417. The van der Waals surface area contributed by atoms with E-state index >= 15 is 0 Å². The maximum absolute atomic E-state index is 12.7. The van der Waals surface area contributed by atoms with Gasteiger partial charge in [-0.3, -0.25) is 0 Å². The third kappa shape index (κ3) is 5.54. The van der Waals surface area contributed by atoms with Crippen LogP contribution in [-0.2, 0) is 16.4 Å². The summed E-state index contributed by atoms with van der Waals surface area (Å²) in [5, 5.41) is 23.1. The normalized spacial score (nSPS) is 20.9. The van der Waals surface area contributed by atoms with Gasteiger partial charge in [0.15, 0.2) is 0 Å². The summed E-state index contributed by atoms with van der Waals surface area (Å²) < 4.78 is 39.5. The zero-order valence-corrected chi connectivity index (χ0v) is 21.7. The minimum atomic E-state index is -3.44. The van der Waals surface area contributed by atoms with Crippen LogP contribution in [0.5, 0.6) is 5.75 Å². The van der Waals surface area contributed by atoms with Gasteiger partial charge in [0.25, 0.3) is 5.89 Å².